The number of hydrogen-bond acceptors (Lipinski definition) is 4. The van der Waals surface area contributed by atoms with Gasteiger partial charge in [-0.05, 0) is 42.9 Å². The van der Waals surface area contributed by atoms with E-state index in [2.05, 4.69) is 10.6 Å². The summed E-state index contributed by atoms with van der Waals surface area (Å²) in [5.74, 6) is 0.489. The van der Waals surface area contributed by atoms with Crippen molar-refractivity contribution in [2.75, 3.05) is 26.7 Å². The second-order valence-electron chi connectivity index (χ2n) is 8.64. The van der Waals surface area contributed by atoms with Crippen molar-refractivity contribution in [1.29, 1.82) is 0 Å². The molecule has 0 spiro atoms. The van der Waals surface area contributed by atoms with E-state index in [0.29, 0.717) is 49.7 Å². The Balaban J connectivity index is 2.11. The quantitative estimate of drug-likeness (QED) is 0.680. The zero-order chi connectivity index (χ0) is 22.3. The van der Waals surface area contributed by atoms with Crippen molar-refractivity contribution in [2.24, 2.45) is 17.8 Å². The number of methoxy groups -OCH3 is 1. The van der Waals surface area contributed by atoms with Crippen LogP contribution in [0.25, 0.3) is 0 Å². The minimum Gasteiger partial charge on any atom is -0.497 e. The molecule has 0 aliphatic carbocycles. The second-order valence-corrected chi connectivity index (χ2v) is 8.64. The van der Waals surface area contributed by atoms with E-state index < -0.39 is 6.04 Å². The molecule has 1 saturated heterocycles. The third kappa shape index (κ3) is 6.47. The Morgan fingerprint density at radius 1 is 1.13 bits per heavy atom. The summed E-state index contributed by atoms with van der Waals surface area (Å²) < 4.78 is 5.20. The van der Waals surface area contributed by atoms with Gasteiger partial charge in [0.15, 0.2) is 0 Å². The van der Waals surface area contributed by atoms with E-state index >= 15 is 0 Å². The number of nitrogens with zero attached hydrogens (tertiary/aromatic N) is 1. The lowest BCUT2D eigenvalue weighted by molar-refractivity contribution is -0.136. The minimum atomic E-state index is -0.640. The molecule has 1 aliphatic rings. The summed E-state index contributed by atoms with van der Waals surface area (Å²) in [5, 5.41) is 5.89. The van der Waals surface area contributed by atoms with E-state index in [1.807, 2.05) is 32.6 Å². The molecule has 1 unspecified atom stereocenters. The number of ether oxygens (including phenoxy) is 1. The molecule has 3 amide bonds. The van der Waals surface area contributed by atoms with Crippen molar-refractivity contribution in [3.8, 4) is 5.75 Å². The Kier molecular flexibility index (Phi) is 8.69. The highest BCUT2D eigenvalue weighted by Crippen LogP contribution is 2.23. The summed E-state index contributed by atoms with van der Waals surface area (Å²) in [6.45, 7) is 9.60. The van der Waals surface area contributed by atoms with E-state index in [4.69, 9.17) is 4.74 Å². The third-order valence-corrected chi connectivity index (χ3v) is 5.40. The van der Waals surface area contributed by atoms with Crippen LogP contribution < -0.4 is 15.4 Å². The molecule has 7 nitrogen and oxygen atoms in total. The Labute approximate surface area is 179 Å². The highest BCUT2D eigenvalue weighted by atomic mass is 16.5. The number of carbonyl (C=O) groups excluding carboxylic acids is 3. The molecule has 1 heterocycles. The molecule has 0 saturated carbocycles. The van der Waals surface area contributed by atoms with Crippen LogP contribution in [0.3, 0.4) is 0 Å². The number of rotatable bonds is 8. The van der Waals surface area contributed by atoms with Crippen molar-refractivity contribution in [2.45, 2.75) is 46.6 Å². The maximum atomic E-state index is 12.9. The van der Waals surface area contributed by atoms with Gasteiger partial charge in [0.1, 0.15) is 11.8 Å². The van der Waals surface area contributed by atoms with E-state index in [1.54, 1.807) is 31.4 Å². The molecular formula is C23H35N3O4. The van der Waals surface area contributed by atoms with Crippen LogP contribution in [0.1, 0.15) is 50.9 Å². The highest BCUT2D eigenvalue weighted by Gasteiger charge is 2.34. The first-order chi connectivity index (χ1) is 14.2. The third-order valence-electron chi connectivity index (χ3n) is 5.40. The number of hydrogen-bond donors (Lipinski definition) is 2. The van der Waals surface area contributed by atoms with Crippen LogP contribution in [-0.4, -0.2) is 55.4 Å². The maximum Gasteiger partial charge on any atom is 0.252 e. The van der Waals surface area contributed by atoms with Crippen molar-refractivity contribution < 1.29 is 19.1 Å². The van der Waals surface area contributed by atoms with Gasteiger partial charge < -0.3 is 20.3 Å². The van der Waals surface area contributed by atoms with Crippen LogP contribution in [0.5, 0.6) is 5.75 Å². The molecule has 1 aromatic rings. The molecule has 1 atom stereocenters. The van der Waals surface area contributed by atoms with Crippen molar-refractivity contribution in [1.82, 2.24) is 15.5 Å². The Morgan fingerprint density at radius 3 is 2.37 bits per heavy atom. The highest BCUT2D eigenvalue weighted by molar-refractivity contribution is 5.98. The second kappa shape index (κ2) is 11.0. The molecule has 7 heteroatoms. The first kappa shape index (κ1) is 23.7. The Bertz CT molecular complexity index is 740. The topological polar surface area (TPSA) is 87.7 Å². The molecule has 1 fully saturated rings. The van der Waals surface area contributed by atoms with Crippen LogP contribution in [0.4, 0.5) is 0 Å². The van der Waals surface area contributed by atoms with Gasteiger partial charge in [-0.1, -0.05) is 33.8 Å². The molecular weight excluding hydrogens is 382 g/mol. The standard InChI is InChI=1S/C23H35N3O4/c1-15(2)14-24-22(28)20(17-9-11-26(12-10-17)23(29)16(3)4)25-21(27)18-7-6-8-19(13-18)30-5/h6-8,13,15-17,20H,9-12,14H2,1-5H3,(H,24,28)(H,25,27). The first-order valence-electron chi connectivity index (χ1n) is 10.7. The fraction of sp³-hybridized carbons (Fsp3) is 0.609. The van der Waals surface area contributed by atoms with Gasteiger partial charge in [0, 0.05) is 31.1 Å². The van der Waals surface area contributed by atoms with Crippen LogP contribution >= 0.6 is 0 Å². The summed E-state index contributed by atoms with van der Waals surface area (Å²) in [4.78, 5) is 39.9. The largest absolute Gasteiger partial charge is 0.497 e. The van der Waals surface area contributed by atoms with E-state index in [9.17, 15) is 14.4 Å². The van der Waals surface area contributed by atoms with Crippen molar-refractivity contribution in [3.63, 3.8) is 0 Å². The van der Waals surface area contributed by atoms with Crippen LogP contribution in [0, 0.1) is 17.8 Å². The maximum absolute atomic E-state index is 12.9. The summed E-state index contributed by atoms with van der Waals surface area (Å²) in [7, 11) is 1.55. The molecule has 166 valence electrons. The molecule has 2 N–H and O–H groups in total. The van der Waals surface area contributed by atoms with Gasteiger partial charge in [-0.15, -0.1) is 0 Å². The zero-order valence-corrected chi connectivity index (χ0v) is 18.7. The van der Waals surface area contributed by atoms with E-state index in [0.717, 1.165) is 0 Å². The van der Waals surface area contributed by atoms with Gasteiger partial charge in [0.2, 0.25) is 11.8 Å². The molecule has 0 radical (unpaired) electrons. The number of carbonyl (C=O) groups is 3. The van der Waals surface area contributed by atoms with Crippen LogP contribution in [-0.2, 0) is 9.59 Å². The molecule has 2 rings (SSSR count). The molecule has 1 aromatic carbocycles. The predicted molar refractivity (Wildman–Crippen MR) is 116 cm³/mol. The number of benzene rings is 1. The smallest absolute Gasteiger partial charge is 0.252 e. The van der Waals surface area contributed by atoms with Crippen molar-refractivity contribution in [3.05, 3.63) is 29.8 Å². The van der Waals surface area contributed by atoms with Gasteiger partial charge in [0.05, 0.1) is 7.11 Å². The van der Waals surface area contributed by atoms with Gasteiger partial charge in [0.25, 0.3) is 5.91 Å². The van der Waals surface area contributed by atoms with E-state index in [1.165, 1.54) is 0 Å². The Morgan fingerprint density at radius 2 is 1.80 bits per heavy atom. The fourth-order valence-corrected chi connectivity index (χ4v) is 3.62. The number of amides is 3. The fourth-order valence-electron chi connectivity index (χ4n) is 3.62. The zero-order valence-electron chi connectivity index (χ0n) is 18.7. The molecule has 0 aromatic heterocycles. The summed E-state index contributed by atoms with van der Waals surface area (Å²) in [6.07, 6.45) is 1.35. The SMILES string of the molecule is COc1cccc(C(=O)NC(C(=O)NCC(C)C)C2CCN(C(=O)C(C)C)CC2)c1. The number of likely N-dealkylation sites (tertiary alicyclic amines) is 1. The summed E-state index contributed by atoms with van der Waals surface area (Å²) >= 11 is 0. The molecule has 1 aliphatic heterocycles. The summed E-state index contributed by atoms with van der Waals surface area (Å²) in [5.41, 5.74) is 0.448. The minimum absolute atomic E-state index is 0.0251. The van der Waals surface area contributed by atoms with Crippen molar-refractivity contribution >= 4 is 17.7 Å². The first-order valence-corrected chi connectivity index (χ1v) is 10.7. The predicted octanol–water partition coefficient (Wildman–Crippen LogP) is 2.46. The van der Waals surface area contributed by atoms with Crippen LogP contribution in [0.2, 0.25) is 0 Å². The lowest BCUT2D eigenvalue weighted by Crippen LogP contribution is -2.54. The average Bonchev–Trinajstić information content (AvgIpc) is 2.75. The Hall–Kier alpha value is -2.57. The van der Waals surface area contributed by atoms with Gasteiger partial charge >= 0.3 is 0 Å². The van der Waals surface area contributed by atoms with Gasteiger partial charge in [-0.2, -0.15) is 0 Å². The van der Waals surface area contributed by atoms with Gasteiger partial charge in [-0.3, -0.25) is 14.4 Å². The summed E-state index contributed by atoms with van der Waals surface area (Å²) in [6, 6.07) is 6.23. The number of nitrogens with one attached hydrogen (secondary N) is 2. The lowest BCUT2D eigenvalue weighted by atomic mass is 9.88. The average molecular weight is 418 g/mol. The lowest BCUT2D eigenvalue weighted by Gasteiger charge is -2.36. The molecule has 30 heavy (non-hydrogen) atoms. The van der Waals surface area contributed by atoms with Crippen LogP contribution in [0.15, 0.2) is 24.3 Å². The van der Waals surface area contributed by atoms with E-state index in [-0.39, 0.29) is 29.6 Å². The normalized spacial score (nSPS) is 15.8. The van der Waals surface area contributed by atoms with Gasteiger partial charge in [-0.25, -0.2) is 0 Å². The molecule has 0 bridgehead atoms. The number of piperidine rings is 1. The monoisotopic (exact) mass is 417 g/mol.